The Morgan fingerprint density at radius 2 is 1.48 bits per heavy atom. The molecule has 4 atom stereocenters. The van der Waals surface area contributed by atoms with E-state index in [0.29, 0.717) is 38.8 Å². The van der Waals surface area contributed by atoms with Gasteiger partial charge in [-0.05, 0) is 70.7 Å². The predicted molar refractivity (Wildman–Crippen MR) is 109 cm³/mol. The van der Waals surface area contributed by atoms with E-state index in [4.69, 9.17) is 28.7 Å². The molecule has 27 heavy (non-hydrogen) atoms. The molecule has 0 rings (SSSR count). The zero-order valence-corrected chi connectivity index (χ0v) is 17.0. The highest BCUT2D eigenvalue weighted by Crippen LogP contribution is 2.30. The molecule has 4 unspecified atom stereocenters. The van der Waals surface area contributed by atoms with Crippen LogP contribution in [0.15, 0.2) is 0 Å². The summed E-state index contributed by atoms with van der Waals surface area (Å²) in [5.74, 6) is -2.21. The Morgan fingerprint density at radius 3 is 1.89 bits per heavy atom. The SMILES string of the molecule is CSC(CC(N)CC(N)(CCCCN)C(=O)O)C(N)(CCCCN)C(=O)O. The maximum absolute atomic E-state index is 11.8. The van der Waals surface area contributed by atoms with E-state index in [1.54, 1.807) is 6.26 Å². The predicted octanol–water partition coefficient (Wildman–Crippen LogP) is -0.352. The van der Waals surface area contributed by atoms with Gasteiger partial charge in [0.15, 0.2) is 0 Å². The first-order chi connectivity index (χ1) is 12.6. The molecule has 0 saturated carbocycles. The molecule has 0 heterocycles. The minimum absolute atomic E-state index is 0.0441. The van der Waals surface area contributed by atoms with Gasteiger partial charge in [0.25, 0.3) is 0 Å². The summed E-state index contributed by atoms with van der Waals surface area (Å²) >= 11 is 1.33. The number of carboxylic acids is 2. The molecule has 0 fully saturated rings. The molecule has 0 radical (unpaired) electrons. The van der Waals surface area contributed by atoms with E-state index in [1.165, 1.54) is 11.8 Å². The number of carboxylic acid groups (broad SMARTS) is 2. The van der Waals surface area contributed by atoms with Crippen LogP contribution in [0.25, 0.3) is 0 Å². The smallest absolute Gasteiger partial charge is 0.324 e. The molecule has 0 bridgehead atoms. The second-order valence-electron chi connectivity index (χ2n) is 7.22. The molecule has 0 aliphatic rings. The van der Waals surface area contributed by atoms with Gasteiger partial charge in [0.2, 0.25) is 0 Å². The highest BCUT2D eigenvalue weighted by atomic mass is 32.2. The maximum Gasteiger partial charge on any atom is 0.324 e. The van der Waals surface area contributed by atoms with Crippen LogP contribution in [0.3, 0.4) is 0 Å². The van der Waals surface area contributed by atoms with E-state index < -0.39 is 34.3 Å². The number of rotatable bonds is 16. The molecule has 0 aliphatic carbocycles. The normalized spacial score (nSPS) is 18.3. The summed E-state index contributed by atoms with van der Waals surface area (Å²) in [5, 5.41) is 18.7. The summed E-state index contributed by atoms with van der Waals surface area (Å²) in [6.45, 7) is 0.934. The van der Waals surface area contributed by atoms with Crippen molar-refractivity contribution in [1.29, 1.82) is 0 Å². The van der Waals surface area contributed by atoms with Crippen molar-refractivity contribution < 1.29 is 19.8 Å². The second kappa shape index (κ2) is 12.5. The van der Waals surface area contributed by atoms with Gasteiger partial charge in [0, 0.05) is 11.3 Å². The van der Waals surface area contributed by atoms with Crippen LogP contribution in [-0.2, 0) is 9.59 Å². The third-order valence-electron chi connectivity index (χ3n) is 4.95. The third-order valence-corrected chi connectivity index (χ3v) is 6.13. The van der Waals surface area contributed by atoms with Crippen molar-refractivity contribution in [3.05, 3.63) is 0 Å². The quantitative estimate of drug-likeness (QED) is 0.165. The zero-order valence-electron chi connectivity index (χ0n) is 16.2. The van der Waals surface area contributed by atoms with Crippen LogP contribution in [0.1, 0.15) is 51.4 Å². The van der Waals surface area contributed by atoms with Crippen molar-refractivity contribution in [3.8, 4) is 0 Å². The summed E-state index contributed by atoms with van der Waals surface area (Å²) in [6.07, 6.45) is 5.18. The Morgan fingerprint density at radius 1 is 0.963 bits per heavy atom. The van der Waals surface area contributed by atoms with Gasteiger partial charge in [0.1, 0.15) is 11.1 Å². The highest BCUT2D eigenvalue weighted by molar-refractivity contribution is 7.99. The Balaban J connectivity index is 5.12. The Kier molecular flexibility index (Phi) is 12.1. The van der Waals surface area contributed by atoms with E-state index in [1.807, 2.05) is 0 Å². The van der Waals surface area contributed by atoms with Crippen LogP contribution < -0.4 is 28.7 Å². The lowest BCUT2D eigenvalue weighted by Crippen LogP contribution is -2.58. The van der Waals surface area contributed by atoms with Gasteiger partial charge in [-0.1, -0.05) is 0 Å². The summed E-state index contributed by atoms with van der Waals surface area (Å²) in [6, 6.07) is -0.585. The molecule has 0 aromatic heterocycles. The lowest BCUT2D eigenvalue weighted by molar-refractivity contribution is -0.145. The van der Waals surface area contributed by atoms with E-state index in [2.05, 4.69) is 0 Å². The first-order valence-electron chi connectivity index (χ1n) is 9.30. The molecule has 0 aliphatic heterocycles. The Labute approximate surface area is 165 Å². The van der Waals surface area contributed by atoms with E-state index in [-0.39, 0.29) is 25.7 Å². The summed E-state index contributed by atoms with van der Waals surface area (Å²) in [4.78, 5) is 23.5. The van der Waals surface area contributed by atoms with Gasteiger partial charge in [-0.3, -0.25) is 9.59 Å². The number of thioether (sulfide) groups is 1. The van der Waals surface area contributed by atoms with Gasteiger partial charge in [-0.2, -0.15) is 11.8 Å². The molecule has 160 valence electrons. The average Bonchev–Trinajstić information content (AvgIpc) is 2.59. The van der Waals surface area contributed by atoms with Crippen molar-refractivity contribution >= 4 is 23.7 Å². The van der Waals surface area contributed by atoms with Crippen LogP contribution in [-0.4, -0.2) is 63.9 Å². The van der Waals surface area contributed by atoms with Gasteiger partial charge in [-0.15, -0.1) is 0 Å². The number of carbonyl (C=O) groups is 2. The van der Waals surface area contributed by atoms with Crippen molar-refractivity contribution in [2.24, 2.45) is 28.7 Å². The second-order valence-corrected chi connectivity index (χ2v) is 8.26. The minimum atomic E-state index is -1.46. The fourth-order valence-corrected chi connectivity index (χ4v) is 4.27. The molecule has 0 saturated heterocycles. The van der Waals surface area contributed by atoms with Crippen molar-refractivity contribution in [3.63, 3.8) is 0 Å². The van der Waals surface area contributed by atoms with E-state index in [9.17, 15) is 19.8 Å². The Bertz CT molecular complexity index is 471. The minimum Gasteiger partial charge on any atom is -0.480 e. The van der Waals surface area contributed by atoms with Crippen molar-refractivity contribution in [1.82, 2.24) is 0 Å². The summed E-state index contributed by atoms with van der Waals surface area (Å²) < 4.78 is 0. The molecule has 10 heteroatoms. The van der Waals surface area contributed by atoms with Gasteiger partial charge >= 0.3 is 11.9 Å². The topological polar surface area (TPSA) is 205 Å². The molecule has 0 amide bonds. The fourth-order valence-electron chi connectivity index (χ4n) is 3.19. The maximum atomic E-state index is 11.8. The number of nitrogens with two attached hydrogens (primary N) is 5. The largest absolute Gasteiger partial charge is 0.480 e. The van der Waals surface area contributed by atoms with Crippen LogP contribution in [0.2, 0.25) is 0 Å². The number of hydrogen-bond donors (Lipinski definition) is 7. The monoisotopic (exact) mass is 407 g/mol. The molecular formula is C17H37N5O4S. The van der Waals surface area contributed by atoms with Gasteiger partial charge in [0.05, 0.1) is 0 Å². The number of aliphatic carboxylic acids is 2. The lowest BCUT2D eigenvalue weighted by atomic mass is 9.82. The first-order valence-corrected chi connectivity index (χ1v) is 10.6. The zero-order chi connectivity index (χ0) is 21.1. The molecule has 0 spiro atoms. The summed E-state index contributed by atoms with van der Waals surface area (Å²) in [5.41, 5.74) is 26.5. The molecule has 0 aromatic carbocycles. The molecule has 9 nitrogen and oxygen atoms in total. The van der Waals surface area contributed by atoms with Gasteiger partial charge in [-0.25, -0.2) is 0 Å². The molecule has 12 N–H and O–H groups in total. The summed E-state index contributed by atoms with van der Waals surface area (Å²) in [7, 11) is 0. The number of hydrogen-bond acceptors (Lipinski definition) is 8. The van der Waals surface area contributed by atoms with E-state index in [0.717, 1.165) is 0 Å². The van der Waals surface area contributed by atoms with Gasteiger partial charge < -0.3 is 38.9 Å². The van der Waals surface area contributed by atoms with Crippen LogP contribution in [0.4, 0.5) is 0 Å². The number of unbranched alkanes of at least 4 members (excludes halogenated alkanes) is 2. The molecular weight excluding hydrogens is 370 g/mol. The lowest BCUT2D eigenvalue weighted by Gasteiger charge is -2.36. The van der Waals surface area contributed by atoms with E-state index >= 15 is 0 Å². The molecule has 0 aromatic rings. The fraction of sp³-hybridized carbons (Fsp3) is 0.882. The van der Waals surface area contributed by atoms with Crippen molar-refractivity contribution in [2.45, 2.75) is 73.7 Å². The van der Waals surface area contributed by atoms with Crippen LogP contribution in [0, 0.1) is 0 Å². The van der Waals surface area contributed by atoms with Crippen LogP contribution >= 0.6 is 11.8 Å². The third kappa shape index (κ3) is 8.32. The van der Waals surface area contributed by atoms with Crippen LogP contribution in [0.5, 0.6) is 0 Å². The first kappa shape index (κ1) is 26.1. The van der Waals surface area contributed by atoms with Crippen molar-refractivity contribution in [2.75, 3.05) is 19.3 Å². The average molecular weight is 408 g/mol. The highest BCUT2D eigenvalue weighted by Gasteiger charge is 2.43. The Hall–Kier alpha value is -0.910. The standard InChI is InChI=1S/C17H37N5O4S/c1-27-13(17(22,15(25)26)7-3-5-9-19)10-12(20)11-16(21,14(23)24)6-2-4-8-18/h12-13H,2-11,18-22H2,1H3,(H,23,24)(H,25,26).